The van der Waals surface area contributed by atoms with E-state index in [0.29, 0.717) is 0 Å². The van der Waals surface area contributed by atoms with Gasteiger partial charge in [0.15, 0.2) is 0 Å². The predicted molar refractivity (Wildman–Crippen MR) is 257 cm³/mol. The number of nitrogens with zero attached hydrogens (tertiary/aromatic N) is 2. The monoisotopic (exact) mass is 764 g/mol. The molecule has 2 nitrogen and oxygen atoms in total. The Morgan fingerprint density at radius 3 is 0.900 bits per heavy atom. The van der Waals surface area contributed by atoms with Crippen LogP contribution in [-0.4, -0.2) is 0 Å². The Kier molecular flexibility index (Phi) is 8.87. The highest BCUT2D eigenvalue weighted by molar-refractivity contribution is 6.28. The molecule has 11 rings (SSSR count). The molecule has 0 spiro atoms. The topological polar surface area (TPSA) is 6.48 Å². The minimum atomic E-state index is 1.10. The Bertz CT molecular complexity index is 3000. The predicted octanol–water partition coefficient (Wildman–Crippen LogP) is 16.6. The first-order valence-corrected chi connectivity index (χ1v) is 20.6. The van der Waals surface area contributed by atoms with Crippen LogP contribution in [0.1, 0.15) is 0 Å². The molecular formula is C58H40N2. The van der Waals surface area contributed by atoms with Gasteiger partial charge in [0, 0.05) is 33.5 Å². The molecule has 11 aromatic rings. The summed E-state index contributed by atoms with van der Waals surface area (Å²) in [5.74, 6) is 0. The molecule has 0 saturated carbocycles. The first-order chi connectivity index (χ1) is 29.8. The Hall–Kier alpha value is -7.94. The lowest BCUT2D eigenvalue weighted by Crippen LogP contribution is -2.12. The normalized spacial score (nSPS) is 11.3. The van der Waals surface area contributed by atoms with Crippen molar-refractivity contribution in [1.82, 2.24) is 0 Å². The highest BCUT2D eigenvalue weighted by atomic mass is 15.1. The molecule has 0 amide bonds. The van der Waals surface area contributed by atoms with Crippen molar-refractivity contribution in [2.75, 3.05) is 9.80 Å². The SMILES string of the molecule is c1ccc(N(c2ccccc2)c2cccc3c(-c4ccc5ccccc5c4)c4c(N(c5ccccc5)c5ccccc5)cccc4c(-c4ccc5ccccc5c4)c23)cc1. The maximum absolute atomic E-state index is 2.42. The molecule has 0 aromatic heterocycles. The number of hydrogen-bond acceptors (Lipinski definition) is 2. The summed E-state index contributed by atoms with van der Waals surface area (Å²) >= 11 is 0. The molecule has 0 atom stereocenters. The fourth-order valence-electron chi connectivity index (χ4n) is 9.12. The fraction of sp³-hybridized carbons (Fsp3) is 0. The molecule has 0 fully saturated rings. The molecule has 0 unspecified atom stereocenters. The molecule has 282 valence electrons. The largest absolute Gasteiger partial charge is 0.310 e. The van der Waals surface area contributed by atoms with Gasteiger partial charge < -0.3 is 9.80 Å². The van der Waals surface area contributed by atoms with Gasteiger partial charge in [-0.05, 0) is 127 Å². The molecule has 2 heteroatoms. The third-order valence-corrected chi connectivity index (χ3v) is 11.7. The van der Waals surface area contributed by atoms with Gasteiger partial charge in [0.1, 0.15) is 0 Å². The van der Waals surface area contributed by atoms with Crippen molar-refractivity contribution < 1.29 is 0 Å². The molecule has 0 saturated heterocycles. The van der Waals surface area contributed by atoms with Gasteiger partial charge in [0.2, 0.25) is 0 Å². The summed E-state index contributed by atoms with van der Waals surface area (Å²) in [6, 6.07) is 88.2. The second kappa shape index (κ2) is 15.1. The average molecular weight is 765 g/mol. The summed E-state index contributed by atoms with van der Waals surface area (Å²) in [7, 11) is 0. The number of fused-ring (bicyclic) bond motifs is 4. The van der Waals surface area contributed by atoms with E-state index in [4.69, 9.17) is 0 Å². The molecule has 0 heterocycles. The van der Waals surface area contributed by atoms with Crippen LogP contribution in [0.15, 0.2) is 243 Å². The van der Waals surface area contributed by atoms with E-state index in [2.05, 4.69) is 252 Å². The van der Waals surface area contributed by atoms with Crippen molar-refractivity contribution in [3.63, 3.8) is 0 Å². The Morgan fingerprint density at radius 1 is 0.233 bits per heavy atom. The van der Waals surface area contributed by atoms with E-state index < -0.39 is 0 Å². The minimum absolute atomic E-state index is 1.10. The maximum Gasteiger partial charge on any atom is 0.0546 e. The zero-order valence-electron chi connectivity index (χ0n) is 33.0. The van der Waals surface area contributed by atoms with Crippen molar-refractivity contribution in [1.29, 1.82) is 0 Å². The number of anilines is 6. The van der Waals surface area contributed by atoms with Crippen LogP contribution in [0.3, 0.4) is 0 Å². The van der Waals surface area contributed by atoms with E-state index in [1.54, 1.807) is 0 Å². The lowest BCUT2D eigenvalue weighted by molar-refractivity contribution is 1.29. The van der Waals surface area contributed by atoms with Gasteiger partial charge in [-0.25, -0.2) is 0 Å². The minimum Gasteiger partial charge on any atom is -0.310 e. The summed E-state index contributed by atoms with van der Waals surface area (Å²) in [6.45, 7) is 0. The van der Waals surface area contributed by atoms with Crippen molar-refractivity contribution in [3.05, 3.63) is 243 Å². The van der Waals surface area contributed by atoms with Gasteiger partial charge in [-0.2, -0.15) is 0 Å². The second-order valence-corrected chi connectivity index (χ2v) is 15.3. The molecule has 0 aliphatic rings. The second-order valence-electron chi connectivity index (χ2n) is 15.3. The zero-order valence-corrected chi connectivity index (χ0v) is 33.0. The average Bonchev–Trinajstić information content (AvgIpc) is 3.32. The van der Waals surface area contributed by atoms with E-state index in [9.17, 15) is 0 Å². The van der Waals surface area contributed by atoms with E-state index in [1.807, 2.05) is 0 Å². The Labute approximate surface area is 350 Å². The number of hydrogen-bond donors (Lipinski definition) is 0. The molecule has 0 N–H and O–H groups in total. The lowest BCUT2D eigenvalue weighted by Gasteiger charge is -2.31. The van der Waals surface area contributed by atoms with Crippen LogP contribution in [0.2, 0.25) is 0 Å². The summed E-state index contributed by atoms with van der Waals surface area (Å²) in [6.07, 6.45) is 0. The molecule has 60 heavy (non-hydrogen) atoms. The van der Waals surface area contributed by atoms with Crippen LogP contribution in [-0.2, 0) is 0 Å². The number of rotatable bonds is 8. The quantitative estimate of drug-likeness (QED) is 0.142. The lowest BCUT2D eigenvalue weighted by atomic mass is 9.83. The van der Waals surface area contributed by atoms with Crippen LogP contribution in [0.5, 0.6) is 0 Å². The van der Waals surface area contributed by atoms with Crippen molar-refractivity contribution in [2.24, 2.45) is 0 Å². The van der Waals surface area contributed by atoms with Gasteiger partial charge >= 0.3 is 0 Å². The highest BCUT2D eigenvalue weighted by Crippen LogP contribution is 2.53. The first kappa shape index (κ1) is 35.2. The smallest absolute Gasteiger partial charge is 0.0546 e. The summed E-state index contributed by atoms with van der Waals surface area (Å²) in [5.41, 5.74) is 11.4. The van der Waals surface area contributed by atoms with Gasteiger partial charge in [0.05, 0.1) is 11.4 Å². The van der Waals surface area contributed by atoms with Crippen LogP contribution in [0.25, 0.3) is 65.3 Å². The molecule has 0 aliphatic heterocycles. The van der Waals surface area contributed by atoms with E-state index in [0.717, 1.165) is 34.1 Å². The van der Waals surface area contributed by atoms with Crippen molar-refractivity contribution >= 4 is 77.2 Å². The highest BCUT2D eigenvalue weighted by Gasteiger charge is 2.26. The zero-order chi connectivity index (χ0) is 39.8. The first-order valence-electron chi connectivity index (χ1n) is 20.6. The summed E-state index contributed by atoms with van der Waals surface area (Å²) in [5, 5.41) is 9.62. The molecule has 0 aliphatic carbocycles. The third-order valence-electron chi connectivity index (χ3n) is 11.7. The summed E-state index contributed by atoms with van der Waals surface area (Å²) in [4.78, 5) is 4.85. The third kappa shape index (κ3) is 6.14. The van der Waals surface area contributed by atoms with Crippen LogP contribution in [0, 0.1) is 0 Å². The Balaban J connectivity index is 1.36. The van der Waals surface area contributed by atoms with Crippen LogP contribution >= 0.6 is 0 Å². The van der Waals surface area contributed by atoms with Crippen LogP contribution in [0.4, 0.5) is 34.1 Å². The Morgan fingerprint density at radius 2 is 0.550 bits per heavy atom. The van der Waals surface area contributed by atoms with Gasteiger partial charge in [0.25, 0.3) is 0 Å². The number of benzene rings is 11. The molecule has 11 aromatic carbocycles. The van der Waals surface area contributed by atoms with E-state index in [-0.39, 0.29) is 0 Å². The van der Waals surface area contributed by atoms with E-state index in [1.165, 1.54) is 65.3 Å². The van der Waals surface area contributed by atoms with E-state index >= 15 is 0 Å². The molecule has 0 bridgehead atoms. The standard InChI is InChI=1S/C58H40N2/c1-5-23-47(24-6-1)59(48-25-7-2-8-26-48)53-33-17-31-51-56(46-38-36-42-20-14-16-22-44(42)40-46)58-52(55(57(51)53)45-37-35-41-19-13-15-21-43(41)39-45)32-18-34-54(58)60(49-27-9-3-10-28-49)50-29-11-4-12-30-50/h1-40H. The molecule has 0 radical (unpaired) electrons. The number of para-hydroxylation sites is 4. The van der Waals surface area contributed by atoms with Crippen molar-refractivity contribution in [2.45, 2.75) is 0 Å². The fourth-order valence-corrected chi connectivity index (χ4v) is 9.12. The van der Waals surface area contributed by atoms with Gasteiger partial charge in [-0.1, -0.05) is 170 Å². The van der Waals surface area contributed by atoms with Crippen molar-refractivity contribution in [3.8, 4) is 22.3 Å². The van der Waals surface area contributed by atoms with Gasteiger partial charge in [-0.3, -0.25) is 0 Å². The maximum atomic E-state index is 2.42. The van der Waals surface area contributed by atoms with Crippen LogP contribution < -0.4 is 9.80 Å². The summed E-state index contributed by atoms with van der Waals surface area (Å²) < 4.78 is 0. The molecular weight excluding hydrogens is 725 g/mol. The van der Waals surface area contributed by atoms with Gasteiger partial charge in [-0.15, -0.1) is 0 Å².